The largest absolute Gasteiger partial charge is 0.493 e. The number of fused-ring (bicyclic) bond motifs is 1. The molecule has 0 amide bonds. The molecule has 58 valence electrons. The fourth-order valence-corrected chi connectivity index (χ4v) is 1.75. The van der Waals surface area contributed by atoms with Crippen molar-refractivity contribution in [1.29, 1.82) is 0 Å². The maximum Gasteiger partial charge on any atom is 0.122 e. The standard InChI is InChI=1S/C9H10OS/c1-11-8-2-3-9-7(6-8)4-5-10-9/h2-3,6H,4-5H2,1H3. The van der Waals surface area contributed by atoms with Gasteiger partial charge in [0.15, 0.2) is 0 Å². The third kappa shape index (κ3) is 1.23. The summed E-state index contributed by atoms with van der Waals surface area (Å²) in [6, 6.07) is 6.38. The molecule has 0 unspecified atom stereocenters. The number of thioether (sulfide) groups is 1. The summed E-state index contributed by atoms with van der Waals surface area (Å²) in [4.78, 5) is 1.33. The van der Waals surface area contributed by atoms with Gasteiger partial charge in [-0.1, -0.05) is 0 Å². The average Bonchev–Trinajstić information content (AvgIpc) is 2.50. The van der Waals surface area contributed by atoms with Crippen molar-refractivity contribution in [1.82, 2.24) is 0 Å². The van der Waals surface area contributed by atoms with E-state index < -0.39 is 0 Å². The molecule has 0 saturated heterocycles. The normalized spacial score (nSPS) is 14.3. The molecule has 2 rings (SSSR count). The molecular weight excluding hydrogens is 156 g/mol. The van der Waals surface area contributed by atoms with Crippen LogP contribution in [0.1, 0.15) is 5.56 Å². The molecule has 1 aliphatic rings. The van der Waals surface area contributed by atoms with Crippen LogP contribution in [0.4, 0.5) is 0 Å². The first kappa shape index (κ1) is 7.04. The smallest absolute Gasteiger partial charge is 0.122 e. The Balaban J connectivity index is 2.41. The van der Waals surface area contributed by atoms with E-state index in [9.17, 15) is 0 Å². The first-order chi connectivity index (χ1) is 5.40. The van der Waals surface area contributed by atoms with Crippen LogP contribution in [0.2, 0.25) is 0 Å². The first-order valence-corrected chi connectivity index (χ1v) is 4.92. The van der Waals surface area contributed by atoms with Gasteiger partial charge in [-0.05, 0) is 30.0 Å². The van der Waals surface area contributed by atoms with Crippen LogP contribution in [0.25, 0.3) is 0 Å². The Hall–Kier alpha value is -0.630. The SMILES string of the molecule is CSc1ccc2c(c1)CCO2. The van der Waals surface area contributed by atoms with Crippen LogP contribution < -0.4 is 4.74 Å². The number of hydrogen-bond acceptors (Lipinski definition) is 2. The molecule has 2 heteroatoms. The van der Waals surface area contributed by atoms with E-state index in [-0.39, 0.29) is 0 Å². The highest BCUT2D eigenvalue weighted by atomic mass is 32.2. The van der Waals surface area contributed by atoms with Crippen molar-refractivity contribution in [2.24, 2.45) is 0 Å². The summed E-state index contributed by atoms with van der Waals surface area (Å²) in [7, 11) is 0. The third-order valence-corrected chi connectivity index (χ3v) is 2.62. The van der Waals surface area contributed by atoms with Crippen LogP contribution in [0.5, 0.6) is 5.75 Å². The van der Waals surface area contributed by atoms with Crippen molar-refractivity contribution >= 4 is 11.8 Å². The summed E-state index contributed by atoms with van der Waals surface area (Å²) in [6.45, 7) is 0.854. The molecule has 0 radical (unpaired) electrons. The van der Waals surface area contributed by atoms with Gasteiger partial charge in [-0.25, -0.2) is 0 Å². The molecule has 0 atom stereocenters. The number of benzene rings is 1. The third-order valence-electron chi connectivity index (χ3n) is 1.90. The van der Waals surface area contributed by atoms with Gasteiger partial charge in [-0.15, -0.1) is 11.8 Å². The highest BCUT2D eigenvalue weighted by Crippen LogP contribution is 2.28. The van der Waals surface area contributed by atoms with E-state index in [2.05, 4.69) is 24.5 Å². The molecule has 1 heterocycles. The van der Waals surface area contributed by atoms with Gasteiger partial charge in [0.05, 0.1) is 6.61 Å². The van der Waals surface area contributed by atoms with Crippen molar-refractivity contribution in [3.8, 4) is 5.75 Å². The minimum Gasteiger partial charge on any atom is -0.493 e. The van der Waals surface area contributed by atoms with E-state index >= 15 is 0 Å². The van der Waals surface area contributed by atoms with Gasteiger partial charge in [0, 0.05) is 11.3 Å². The first-order valence-electron chi connectivity index (χ1n) is 3.70. The van der Waals surface area contributed by atoms with E-state index in [1.165, 1.54) is 10.5 Å². The molecule has 0 bridgehead atoms. The second-order valence-corrected chi connectivity index (χ2v) is 3.45. The zero-order valence-electron chi connectivity index (χ0n) is 6.46. The average molecular weight is 166 g/mol. The molecule has 1 aromatic rings. The van der Waals surface area contributed by atoms with Crippen molar-refractivity contribution in [2.45, 2.75) is 11.3 Å². The van der Waals surface area contributed by atoms with Gasteiger partial charge in [-0.3, -0.25) is 0 Å². The zero-order valence-corrected chi connectivity index (χ0v) is 7.28. The lowest BCUT2D eigenvalue weighted by atomic mass is 10.2. The van der Waals surface area contributed by atoms with Gasteiger partial charge >= 0.3 is 0 Å². The molecular formula is C9H10OS. The highest BCUT2D eigenvalue weighted by Gasteiger charge is 2.10. The summed E-state index contributed by atoms with van der Waals surface area (Å²) >= 11 is 1.78. The predicted octanol–water partition coefficient (Wildman–Crippen LogP) is 2.34. The zero-order chi connectivity index (χ0) is 7.68. The Morgan fingerprint density at radius 1 is 1.45 bits per heavy atom. The van der Waals surface area contributed by atoms with Crippen LogP contribution in [-0.4, -0.2) is 12.9 Å². The number of rotatable bonds is 1. The molecule has 0 saturated carbocycles. The van der Waals surface area contributed by atoms with E-state index in [1.807, 2.05) is 0 Å². The molecule has 1 aromatic carbocycles. The van der Waals surface area contributed by atoms with Crippen molar-refractivity contribution < 1.29 is 4.74 Å². The molecule has 0 aliphatic carbocycles. The number of ether oxygens (including phenoxy) is 1. The van der Waals surface area contributed by atoms with Gasteiger partial charge in [0.2, 0.25) is 0 Å². The number of hydrogen-bond donors (Lipinski definition) is 0. The Kier molecular flexibility index (Phi) is 1.78. The molecule has 0 spiro atoms. The molecule has 0 N–H and O–H groups in total. The van der Waals surface area contributed by atoms with Gasteiger partial charge in [0.25, 0.3) is 0 Å². The van der Waals surface area contributed by atoms with E-state index in [0.717, 1.165) is 18.8 Å². The second kappa shape index (κ2) is 2.78. The lowest BCUT2D eigenvalue weighted by Gasteiger charge is -1.99. The van der Waals surface area contributed by atoms with Crippen molar-refractivity contribution in [2.75, 3.05) is 12.9 Å². The summed E-state index contributed by atoms with van der Waals surface area (Å²) < 4.78 is 5.39. The minimum absolute atomic E-state index is 0.854. The molecule has 0 fully saturated rings. The summed E-state index contributed by atoms with van der Waals surface area (Å²) in [5.41, 5.74) is 1.36. The minimum atomic E-state index is 0.854. The van der Waals surface area contributed by atoms with E-state index in [0.29, 0.717) is 0 Å². The lowest BCUT2D eigenvalue weighted by Crippen LogP contribution is -1.85. The molecule has 0 aromatic heterocycles. The summed E-state index contributed by atoms with van der Waals surface area (Å²) in [6.07, 6.45) is 3.17. The highest BCUT2D eigenvalue weighted by molar-refractivity contribution is 7.98. The van der Waals surface area contributed by atoms with Crippen molar-refractivity contribution in [3.63, 3.8) is 0 Å². The van der Waals surface area contributed by atoms with Crippen LogP contribution in [0, 0.1) is 0 Å². The predicted molar refractivity (Wildman–Crippen MR) is 47.4 cm³/mol. The maximum absolute atomic E-state index is 5.39. The Labute approximate surface area is 70.8 Å². The monoisotopic (exact) mass is 166 g/mol. The van der Waals surface area contributed by atoms with Crippen LogP contribution in [0.3, 0.4) is 0 Å². The van der Waals surface area contributed by atoms with E-state index in [1.54, 1.807) is 11.8 Å². The quantitative estimate of drug-likeness (QED) is 0.592. The molecule has 1 aliphatic heterocycles. The Morgan fingerprint density at radius 3 is 3.18 bits per heavy atom. The Morgan fingerprint density at radius 2 is 2.36 bits per heavy atom. The van der Waals surface area contributed by atoms with Crippen LogP contribution in [-0.2, 0) is 6.42 Å². The van der Waals surface area contributed by atoms with Gasteiger partial charge < -0.3 is 4.74 Å². The molecule has 11 heavy (non-hydrogen) atoms. The van der Waals surface area contributed by atoms with Gasteiger partial charge in [-0.2, -0.15) is 0 Å². The lowest BCUT2D eigenvalue weighted by molar-refractivity contribution is 0.357. The topological polar surface area (TPSA) is 9.23 Å². The fourth-order valence-electron chi connectivity index (χ4n) is 1.29. The second-order valence-electron chi connectivity index (χ2n) is 2.57. The van der Waals surface area contributed by atoms with Gasteiger partial charge in [0.1, 0.15) is 5.75 Å². The van der Waals surface area contributed by atoms with E-state index in [4.69, 9.17) is 4.74 Å². The van der Waals surface area contributed by atoms with Crippen LogP contribution in [0.15, 0.2) is 23.1 Å². The molecule has 1 nitrogen and oxygen atoms in total. The fraction of sp³-hybridized carbons (Fsp3) is 0.333. The summed E-state index contributed by atoms with van der Waals surface area (Å²) in [5.74, 6) is 1.07. The van der Waals surface area contributed by atoms with Crippen molar-refractivity contribution in [3.05, 3.63) is 23.8 Å². The Bertz CT molecular complexity index is 270. The van der Waals surface area contributed by atoms with Crippen LogP contribution >= 0.6 is 11.8 Å². The summed E-state index contributed by atoms with van der Waals surface area (Å²) in [5, 5.41) is 0. The maximum atomic E-state index is 5.39.